The standard InChI is InChI=1S/C25H30N2O3S/c1-6-13-27-17(3)22(18(4)28)23(26-25(27)31)20-11-8-12-21(29-5)24(20)30-15-19-10-7-9-16(2)14-19/h7-12,14,23H,6,13,15H2,1-5H3,(H,26,31). The van der Waals surface area contributed by atoms with Gasteiger partial charge in [-0.2, -0.15) is 0 Å². The van der Waals surface area contributed by atoms with Gasteiger partial charge in [0.15, 0.2) is 22.4 Å². The van der Waals surface area contributed by atoms with E-state index in [1.807, 2.05) is 42.2 Å². The highest BCUT2D eigenvalue weighted by molar-refractivity contribution is 7.80. The molecule has 2 aromatic rings. The summed E-state index contributed by atoms with van der Waals surface area (Å²) in [6, 6.07) is 13.5. The van der Waals surface area contributed by atoms with Crippen LogP contribution in [0.15, 0.2) is 53.7 Å². The number of ether oxygens (including phenoxy) is 2. The summed E-state index contributed by atoms with van der Waals surface area (Å²) >= 11 is 5.64. The van der Waals surface area contributed by atoms with Gasteiger partial charge in [0.05, 0.1) is 13.2 Å². The van der Waals surface area contributed by atoms with Gasteiger partial charge in [-0.15, -0.1) is 0 Å². The molecule has 164 valence electrons. The van der Waals surface area contributed by atoms with E-state index in [4.69, 9.17) is 21.7 Å². The van der Waals surface area contributed by atoms with Crippen LogP contribution >= 0.6 is 12.2 Å². The largest absolute Gasteiger partial charge is 0.493 e. The van der Waals surface area contributed by atoms with E-state index >= 15 is 0 Å². The summed E-state index contributed by atoms with van der Waals surface area (Å²) in [5.74, 6) is 1.24. The van der Waals surface area contributed by atoms with Crippen LogP contribution in [0.5, 0.6) is 11.5 Å². The molecule has 1 atom stereocenters. The molecule has 6 heteroatoms. The molecule has 1 aliphatic rings. The molecule has 0 amide bonds. The zero-order valence-corrected chi connectivity index (χ0v) is 19.6. The number of ketones is 1. The minimum atomic E-state index is -0.402. The predicted molar refractivity (Wildman–Crippen MR) is 127 cm³/mol. The van der Waals surface area contributed by atoms with Crippen LogP contribution in [-0.2, 0) is 11.4 Å². The number of nitrogens with zero attached hydrogens (tertiary/aromatic N) is 1. The Morgan fingerprint density at radius 2 is 1.94 bits per heavy atom. The number of carbonyl (C=O) groups is 1. The number of hydrogen-bond acceptors (Lipinski definition) is 4. The summed E-state index contributed by atoms with van der Waals surface area (Å²) in [6.45, 7) is 8.86. The van der Waals surface area contributed by atoms with E-state index in [0.29, 0.717) is 28.8 Å². The Labute approximate surface area is 190 Å². The normalized spacial score (nSPS) is 16.2. The molecule has 0 spiro atoms. The highest BCUT2D eigenvalue weighted by Crippen LogP contribution is 2.40. The van der Waals surface area contributed by atoms with Gasteiger partial charge in [-0.3, -0.25) is 4.79 Å². The number of rotatable bonds is 8. The molecule has 5 nitrogen and oxygen atoms in total. The number of Topliss-reactive ketones (excluding diaryl/α,β-unsaturated/α-hetero) is 1. The van der Waals surface area contributed by atoms with Crippen molar-refractivity contribution in [1.29, 1.82) is 0 Å². The van der Waals surface area contributed by atoms with E-state index in [9.17, 15) is 4.79 Å². The van der Waals surface area contributed by atoms with Crippen LogP contribution in [0.4, 0.5) is 0 Å². The quantitative estimate of drug-likeness (QED) is 0.580. The third-order valence-electron chi connectivity index (χ3n) is 5.43. The first-order chi connectivity index (χ1) is 14.9. The van der Waals surface area contributed by atoms with Crippen molar-refractivity contribution < 1.29 is 14.3 Å². The molecule has 0 aromatic heterocycles. The molecule has 1 N–H and O–H groups in total. The van der Waals surface area contributed by atoms with Crippen molar-refractivity contribution in [2.45, 2.75) is 46.8 Å². The molecule has 3 rings (SSSR count). The highest BCUT2D eigenvalue weighted by atomic mass is 32.1. The second-order valence-corrected chi connectivity index (χ2v) is 8.13. The third kappa shape index (κ3) is 4.90. The lowest BCUT2D eigenvalue weighted by Crippen LogP contribution is -2.47. The van der Waals surface area contributed by atoms with Gasteiger partial charge in [-0.05, 0) is 51.0 Å². The van der Waals surface area contributed by atoms with E-state index in [2.05, 4.69) is 31.3 Å². The predicted octanol–water partition coefficient (Wildman–Crippen LogP) is 5.09. The van der Waals surface area contributed by atoms with Crippen LogP contribution < -0.4 is 14.8 Å². The maximum absolute atomic E-state index is 12.7. The Bertz CT molecular complexity index is 1020. The highest BCUT2D eigenvalue weighted by Gasteiger charge is 2.34. The van der Waals surface area contributed by atoms with Crippen molar-refractivity contribution in [2.75, 3.05) is 13.7 Å². The number of benzene rings is 2. The molecule has 0 saturated carbocycles. The average Bonchev–Trinajstić information content (AvgIpc) is 2.74. The lowest BCUT2D eigenvalue weighted by molar-refractivity contribution is -0.114. The Kier molecular flexibility index (Phi) is 7.33. The molecule has 0 saturated heterocycles. The molecule has 31 heavy (non-hydrogen) atoms. The van der Waals surface area contributed by atoms with Gasteiger partial charge >= 0.3 is 0 Å². The summed E-state index contributed by atoms with van der Waals surface area (Å²) in [6.07, 6.45) is 0.930. The van der Waals surface area contributed by atoms with Crippen molar-refractivity contribution in [2.24, 2.45) is 0 Å². The maximum Gasteiger partial charge on any atom is 0.173 e. The van der Waals surface area contributed by atoms with Crippen molar-refractivity contribution in [3.63, 3.8) is 0 Å². The minimum absolute atomic E-state index is 0.00561. The smallest absolute Gasteiger partial charge is 0.173 e. The first kappa shape index (κ1) is 22.8. The van der Waals surface area contributed by atoms with Crippen LogP contribution in [0.1, 0.15) is 49.9 Å². The fraction of sp³-hybridized carbons (Fsp3) is 0.360. The van der Waals surface area contributed by atoms with Gasteiger partial charge in [0, 0.05) is 23.4 Å². The van der Waals surface area contributed by atoms with Gasteiger partial charge in [0.2, 0.25) is 0 Å². The number of hydrogen-bond donors (Lipinski definition) is 1. The van der Waals surface area contributed by atoms with E-state index in [1.165, 1.54) is 5.56 Å². The minimum Gasteiger partial charge on any atom is -0.493 e. The Morgan fingerprint density at radius 1 is 1.19 bits per heavy atom. The molecule has 2 aromatic carbocycles. The molecule has 0 radical (unpaired) electrons. The van der Waals surface area contributed by atoms with Crippen LogP contribution in [0.3, 0.4) is 0 Å². The lowest BCUT2D eigenvalue weighted by Gasteiger charge is -2.38. The van der Waals surface area contributed by atoms with Crippen LogP contribution in [0.25, 0.3) is 0 Å². The van der Waals surface area contributed by atoms with Crippen molar-refractivity contribution in [3.05, 3.63) is 70.4 Å². The first-order valence-corrected chi connectivity index (χ1v) is 10.9. The van der Waals surface area contributed by atoms with Gasteiger partial charge in [-0.1, -0.05) is 48.9 Å². The van der Waals surface area contributed by atoms with E-state index in [0.717, 1.165) is 29.8 Å². The Morgan fingerprint density at radius 3 is 2.58 bits per heavy atom. The maximum atomic E-state index is 12.7. The number of thiocarbonyl (C=S) groups is 1. The van der Waals surface area contributed by atoms with E-state index in [-0.39, 0.29) is 5.78 Å². The molecule has 1 aliphatic heterocycles. The zero-order chi connectivity index (χ0) is 22.5. The number of aryl methyl sites for hydroxylation is 1. The van der Waals surface area contributed by atoms with Gasteiger partial charge in [0.1, 0.15) is 6.61 Å². The monoisotopic (exact) mass is 438 g/mol. The van der Waals surface area contributed by atoms with Gasteiger partial charge in [0.25, 0.3) is 0 Å². The van der Waals surface area contributed by atoms with Crippen molar-refractivity contribution in [1.82, 2.24) is 10.2 Å². The summed E-state index contributed by atoms with van der Waals surface area (Å²) < 4.78 is 11.9. The molecular formula is C25H30N2O3S. The van der Waals surface area contributed by atoms with Gasteiger partial charge in [-0.25, -0.2) is 0 Å². The number of para-hydroxylation sites is 1. The number of allylic oxidation sites excluding steroid dienone is 1. The average molecular weight is 439 g/mol. The van der Waals surface area contributed by atoms with Crippen molar-refractivity contribution in [3.8, 4) is 11.5 Å². The fourth-order valence-corrected chi connectivity index (χ4v) is 4.34. The van der Waals surface area contributed by atoms with Crippen LogP contribution in [0.2, 0.25) is 0 Å². The first-order valence-electron chi connectivity index (χ1n) is 10.5. The van der Waals surface area contributed by atoms with Crippen LogP contribution in [-0.4, -0.2) is 29.5 Å². The summed E-state index contributed by atoms with van der Waals surface area (Å²) in [5, 5.41) is 3.98. The number of methoxy groups -OCH3 is 1. The topological polar surface area (TPSA) is 50.8 Å². The second kappa shape index (κ2) is 9.96. The number of carbonyl (C=O) groups excluding carboxylic acids is 1. The second-order valence-electron chi connectivity index (χ2n) is 7.75. The van der Waals surface area contributed by atoms with Gasteiger partial charge < -0.3 is 19.7 Å². The van der Waals surface area contributed by atoms with E-state index < -0.39 is 6.04 Å². The van der Waals surface area contributed by atoms with Crippen molar-refractivity contribution >= 4 is 23.1 Å². The zero-order valence-electron chi connectivity index (χ0n) is 18.8. The lowest BCUT2D eigenvalue weighted by atomic mass is 9.91. The summed E-state index contributed by atoms with van der Waals surface area (Å²) in [4.78, 5) is 14.7. The summed E-state index contributed by atoms with van der Waals surface area (Å²) in [7, 11) is 1.62. The number of nitrogens with one attached hydrogen (secondary N) is 1. The molecule has 0 bridgehead atoms. The third-order valence-corrected chi connectivity index (χ3v) is 5.77. The fourth-order valence-electron chi connectivity index (χ4n) is 4.00. The molecule has 1 unspecified atom stereocenters. The van der Waals surface area contributed by atoms with E-state index in [1.54, 1.807) is 14.0 Å². The molecular weight excluding hydrogens is 408 g/mol. The van der Waals surface area contributed by atoms with Crippen LogP contribution in [0, 0.1) is 6.92 Å². The Balaban J connectivity index is 2.05. The molecule has 0 aliphatic carbocycles. The Hall–Kier alpha value is -2.86. The summed E-state index contributed by atoms with van der Waals surface area (Å²) in [5.41, 5.74) is 4.65. The molecule has 0 fully saturated rings. The SMILES string of the molecule is CCCN1C(=S)NC(c2cccc(OC)c2OCc2cccc(C)c2)C(C(C)=O)=C1C. The molecule has 1 heterocycles.